The molecule has 1 heterocycles. The number of nitrogens with one attached hydrogen (secondary N) is 1. The third kappa shape index (κ3) is 1.87. The fraction of sp³-hybridized carbons (Fsp3) is 0.250. The van der Waals surface area contributed by atoms with Gasteiger partial charge < -0.3 is 9.68 Å². The normalized spacial score (nSPS) is 9.44. The summed E-state index contributed by atoms with van der Waals surface area (Å²) in [4.78, 5) is 0. The van der Waals surface area contributed by atoms with Gasteiger partial charge >= 0.3 is 7.69 Å². The summed E-state index contributed by atoms with van der Waals surface area (Å²) in [5.41, 5.74) is 0.795. The molecule has 1 aromatic rings. The van der Waals surface area contributed by atoms with Crippen molar-refractivity contribution in [2.75, 3.05) is 0 Å². The first-order valence-corrected chi connectivity index (χ1v) is 2.61. The maximum atomic E-state index is 8.20. The smallest absolute Gasteiger partial charge is 0.430 e. The van der Waals surface area contributed by atoms with Crippen molar-refractivity contribution in [2.45, 2.75) is 6.61 Å². The molecule has 0 aliphatic carbocycles. The molecule has 0 aliphatic heterocycles. The molecule has 0 atom stereocenters. The van der Waals surface area contributed by atoms with Crippen LogP contribution in [0.3, 0.4) is 0 Å². The molecule has 0 aromatic carbocycles. The van der Waals surface area contributed by atoms with Gasteiger partial charge in [0, 0.05) is 6.20 Å². The van der Waals surface area contributed by atoms with Crippen molar-refractivity contribution >= 4 is 7.69 Å². The molecular weight excluding hydrogens is 119 g/mol. The topological polar surface area (TPSA) is 58.1 Å². The minimum atomic E-state index is -0.257. The lowest BCUT2D eigenvalue weighted by atomic mass is 10.4. The van der Waals surface area contributed by atoms with E-state index in [1.807, 2.05) is 0 Å². The van der Waals surface area contributed by atoms with Gasteiger partial charge in [-0.25, -0.2) is 0 Å². The third-order valence-corrected chi connectivity index (χ3v) is 0.900. The second kappa shape index (κ2) is 3.27. The van der Waals surface area contributed by atoms with Gasteiger partial charge in [0.2, 0.25) is 0 Å². The third-order valence-electron chi connectivity index (χ3n) is 0.900. The molecule has 1 rings (SSSR count). The molecule has 2 N–H and O–H groups in total. The van der Waals surface area contributed by atoms with Crippen LogP contribution in [0.4, 0.5) is 0 Å². The maximum absolute atomic E-state index is 8.20. The van der Waals surface area contributed by atoms with E-state index in [1.165, 1.54) is 0 Å². The highest BCUT2D eigenvalue weighted by molar-refractivity contribution is 6.15. The van der Waals surface area contributed by atoms with Crippen molar-refractivity contribution in [1.82, 2.24) is 10.2 Å². The van der Waals surface area contributed by atoms with Crippen LogP contribution in [0.2, 0.25) is 0 Å². The molecule has 0 saturated carbocycles. The molecule has 0 bridgehead atoms. The minimum Gasteiger partial charge on any atom is -0.430 e. The Labute approximate surface area is 53.2 Å². The molecule has 4 nitrogen and oxygen atoms in total. The molecule has 0 amide bonds. The molecule has 1 aromatic heterocycles. The van der Waals surface area contributed by atoms with Crippen molar-refractivity contribution in [3.05, 3.63) is 18.0 Å². The summed E-state index contributed by atoms with van der Waals surface area (Å²) < 4.78 is 4.65. The molecule has 9 heavy (non-hydrogen) atoms. The zero-order valence-electron chi connectivity index (χ0n) is 4.87. The van der Waals surface area contributed by atoms with E-state index in [0.29, 0.717) is 6.61 Å². The van der Waals surface area contributed by atoms with E-state index in [2.05, 4.69) is 14.9 Å². The summed E-state index contributed by atoms with van der Waals surface area (Å²) in [5.74, 6) is 0. The SMILES string of the molecule is OBO[12CH2]c1cc[nH]n1. The zero-order chi connectivity index (χ0) is 6.53. The molecule has 0 unspecified atom stereocenters. The number of rotatable bonds is 3. The van der Waals surface area contributed by atoms with Crippen LogP contribution in [0.5, 0.6) is 0 Å². The molecule has 0 saturated heterocycles. The molecule has 5 heteroatoms. The molecular formula is C4H7BN2O2. The van der Waals surface area contributed by atoms with Gasteiger partial charge in [-0.05, 0) is 6.07 Å². The lowest BCUT2D eigenvalue weighted by Gasteiger charge is -1.91. The Morgan fingerprint density at radius 1 is 1.89 bits per heavy atom. The van der Waals surface area contributed by atoms with Crippen LogP contribution >= 0.6 is 0 Å². The summed E-state index contributed by atoms with van der Waals surface area (Å²) in [6, 6.07) is 1.79. The van der Waals surface area contributed by atoms with Crippen LogP contribution < -0.4 is 0 Å². The average molecular weight is 126 g/mol. The summed E-state index contributed by atoms with van der Waals surface area (Å²) in [6.07, 6.45) is 1.70. The quantitative estimate of drug-likeness (QED) is 0.520. The largest absolute Gasteiger partial charge is 0.435 e. The summed E-state index contributed by atoms with van der Waals surface area (Å²) in [6.45, 7) is 0.361. The van der Waals surface area contributed by atoms with E-state index in [1.54, 1.807) is 12.3 Å². The van der Waals surface area contributed by atoms with Gasteiger partial charge in [-0.3, -0.25) is 5.10 Å². The number of aromatic amines is 1. The Morgan fingerprint density at radius 2 is 2.78 bits per heavy atom. The van der Waals surface area contributed by atoms with Crippen LogP contribution in [-0.4, -0.2) is 22.9 Å². The number of H-pyrrole nitrogens is 1. The fourth-order valence-electron chi connectivity index (χ4n) is 0.522. The Hall–Kier alpha value is -0.805. The van der Waals surface area contributed by atoms with Crippen molar-refractivity contribution in [3.8, 4) is 0 Å². The van der Waals surface area contributed by atoms with E-state index < -0.39 is 0 Å². The van der Waals surface area contributed by atoms with E-state index in [-0.39, 0.29) is 7.69 Å². The van der Waals surface area contributed by atoms with Gasteiger partial charge in [0.15, 0.2) is 0 Å². The van der Waals surface area contributed by atoms with Crippen LogP contribution in [0, 0.1) is 0 Å². The number of aromatic nitrogens is 2. The predicted octanol–water partition coefficient (Wildman–Crippen LogP) is -0.815. The van der Waals surface area contributed by atoms with Crippen LogP contribution in [0.15, 0.2) is 12.3 Å². The van der Waals surface area contributed by atoms with Gasteiger partial charge in [-0.15, -0.1) is 0 Å². The number of nitrogens with zero attached hydrogens (tertiary/aromatic N) is 1. The van der Waals surface area contributed by atoms with E-state index in [4.69, 9.17) is 5.02 Å². The average Bonchev–Trinajstić information content (AvgIpc) is 2.34. The van der Waals surface area contributed by atoms with Crippen LogP contribution in [-0.2, 0) is 11.3 Å². The van der Waals surface area contributed by atoms with Crippen molar-refractivity contribution in [3.63, 3.8) is 0 Å². The minimum absolute atomic E-state index is 0.257. The summed E-state index contributed by atoms with van der Waals surface area (Å²) in [7, 11) is -0.257. The second-order valence-corrected chi connectivity index (χ2v) is 1.54. The zero-order valence-corrected chi connectivity index (χ0v) is 4.87. The highest BCUT2D eigenvalue weighted by Crippen LogP contribution is 1.91. The summed E-state index contributed by atoms with van der Waals surface area (Å²) >= 11 is 0. The van der Waals surface area contributed by atoms with Gasteiger partial charge in [0.1, 0.15) is 0 Å². The van der Waals surface area contributed by atoms with Crippen LogP contribution in [0.25, 0.3) is 0 Å². The second-order valence-electron chi connectivity index (χ2n) is 1.54. The Bertz CT molecular complexity index is 154. The van der Waals surface area contributed by atoms with E-state index in [9.17, 15) is 0 Å². The lowest BCUT2D eigenvalue weighted by Crippen LogP contribution is -1.97. The lowest BCUT2D eigenvalue weighted by molar-refractivity contribution is 0.269. The maximum Gasteiger partial charge on any atom is 0.435 e. The first kappa shape index (κ1) is 6.32. The number of hydrogen-bond donors (Lipinski definition) is 2. The highest BCUT2D eigenvalue weighted by Gasteiger charge is 1.92. The Balaban J connectivity index is 2.30. The Kier molecular flexibility index (Phi) is 2.29. The van der Waals surface area contributed by atoms with E-state index >= 15 is 0 Å². The first-order valence-electron chi connectivity index (χ1n) is 2.61. The monoisotopic (exact) mass is 126 g/mol. The molecule has 0 aliphatic rings. The molecule has 0 fully saturated rings. The summed E-state index contributed by atoms with van der Waals surface area (Å²) in [5, 5.41) is 14.6. The van der Waals surface area contributed by atoms with Gasteiger partial charge in [-0.2, -0.15) is 5.10 Å². The highest BCUT2D eigenvalue weighted by atomic mass is 16.5. The molecule has 0 spiro atoms. The van der Waals surface area contributed by atoms with Crippen molar-refractivity contribution in [1.29, 1.82) is 0 Å². The van der Waals surface area contributed by atoms with Gasteiger partial charge in [0.05, 0.1) is 12.3 Å². The standard InChI is InChI=1S/C4H7BN2O2/c8-5-9-3-4-1-2-6-7-4/h1-2,5,8H,3H2,(H,6,7)/i3+0. The van der Waals surface area contributed by atoms with Gasteiger partial charge in [0.25, 0.3) is 0 Å². The molecule has 0 radical (unpaired) electrons. The number of hydrogen-bond acceptors (Lipinski definition) is 3. The van der Waals surface area contributed by atoms with Crippen LogP contribution in [0.1, 0.15) is 5.69 Å². The van der Waals surface area contributed by atoms with Crippen molar-refractivity contribution in [2.24, 2.45) is 0 Å². The van der Waals surface area contributed by atoms with E-state index in [0.717, 1.165) is 5.69 Å². The predicted molar refractivity (Wildman–Crippen MR) is 32.7 cm³/mol. The molecule has 48 valence electrons. The van der Waals surface area contributed by atoms with Crippen molar-refractivity contribution < 1.29 is 9.68 Å². The Morgan fingerprint density at radius 3 is 3.33 bits per heavy atom. The first-order chi connectivity index (χ1) is 4.43. The van der Waals surface area contributed by atoms with Gasteiger partial charge in [-0.1, -0.05) is 0 Å². The fourth-order valence-corrected chi connectivity index (χ4v) is 0.522.